The highest BCUT2D eigenvalue weighted by Gasteiger charge is 2.04. The molecule has 0 atom stereocenters. The molecule has 0 heterocycles. The Balaban J connectivity index is 0.000000360. The second-order valence-electron chi connectivity index (χ2n) is 4.35. The Labute approximate surface area is 109 Å². The van der Waals surface area contributed by atoms with E-state index in [0.29, 0.717) is 17.9 Å². The average Bonchev–Trinajstić information content (AvgIpc) is 2.15. The summed E-state index contributed by atoms with van der Waals surface area (Å²) < 4.78 is 26.6. The van der Waals surface area contributed by atoms with E-state index in [1.165, 1.54) is 24.3 Å². The van der Waals surface area contributed by atoms with Gasteiger partial charge in [0.1, 0.15) is 0 Å². The van der Waals surface area contributed by atoms with E-state index in [1.807, 2.05) is 27.7 Å². The van der Waals surface area contributed by atoms with Crippen LogP contribution in [0, 0.1) is 0 Å². The summed E-state index contributed by atoms with van der Waals surface area (Å²) in [6, 6.07) is 5.70. The average molecular weight is 274 g/mol. The zero-order valence-electron chi connectivity index (χ0n) is 11.3. The Morgan fingerprint density at radius 3 is 1.61 bits per heavy atom. The van der Waals surface area contributed by atoms with Gasteiger partial charge in [0, 0.05) is 5.69 Å². The van der Waals surface area contributed by atoms with Crippen LogP contribution in [0.3, 0.4) is 0 Å². The van der Waals surface area contributed by atoms with Crippen molar-refractivity contribution in [3.8, 4) is 0 Å². The standard InChI is InChI=1S/C6H8N2O2S.C6H14O/c7-5-1-3-6(4-2-5)11(8,9)10;1-5(2)7-6(3)4/h1-4H,7H2,(H2,8,9,10);5-6H,1-4H3. The molecular formula is C12H22N2O3S. The van der Waals surface area contributed by atoms with E-state index in [2.05, 4.69) is 0 Å². The van der Waals surface area contributed by atoms with Crippen LogP contribution < -0.4 is 10.9 Å². The fraction of sp³-hybridized carbons (Fsp3) is 0.500. The number of rotatable bonds is 3. The maximum atomic E-state index is 10.7. The molecule has 4 N–H and O–H groups in total. The third-order valence-corrected chi connectivity index (χ3v) is 2.68. The molecule has 1 rings (SSSR count). The minimum Gasteiger partial charge on any atom is -0.399 e. The maximum Gasteiger partial charge on any atom is 0.238 e. The Morgan fingerprint density at radius 1 is 1.00 bits per heavy atom. The van der Waals surface area contributed by atoms with Crippen molar-refractivity contribution in [3.63, 3.8) is 0 Å². The lowest BCUT2D eigenvalue weighted by molar-refractivity contribution is 0.0300. The van der Waals surface area contributed by atoms with E-state index in [4.69, 9.17) is 15.6 Å². The third-order valence-electron chi connectivity index (χ3n) is 1.75. The highest BCUT2D eigenvalue weighted by molar-refractivity contribution is 7.89. The van der Waals surface area contributed by atoms with E-state index < -0.39 is 10.0 Å². The summed E-state index contributed by atoms with van der Waals surface area (Å²) in [5, 5.41) is 4.84. The number of nitrogen functional groups attached to an aromatic ring is 1. The fourth-order valence-electron chi connectivity index (χ4n) is 1.20. The summed E-state index contributed by atoms with van der Waals surface area (Å²) >= 11 is 0. The van der Waals surface area contributed by atoms with Crippen LogP contribution in [-0.2, 0) is 14.8 Å². The van der Waals surface area contributed by atoms with Gasteiger partial charge in [0.2, 0.25) is 10.0 Å². The van der Waals surface area contributed by atoms with Gasteiger partial charge in [0.15, 0.2) is 0 Å². The fourth-order valence-corrected chi connectivity index (χ4v) is 1.72. The molecule has 0 spiro atoms. The summed E-state index contributed by atoms with van der Waals surface area (Å²) in [5.41, 5.74) is 5.85. The van der Waals surface area contributed by atoms with Crippen LogP contribution in [-0.4, -0.2) is 20.6 Å². The molecule has 0 aromatic heterocycles. The second kappa shape index (κ2) is 7.35. The zero-order valence-corrected chi connectivity index (χ0v) is 12.1. The van der Waals surface area contributed by atoms with Gasteiger partial charge in [0.25, 0.3) is 0 Å². The molecule has 104 valence electrons. The van der Waals surface area contributed by atoms with Gasteiger partial charge in [-0.3, -0.25) is 0 Å². The molecule has 1 aromatic carbocycles. The molecule has 0 aliphatic rings. The number of hydrogen-bond acceptors (Lipinski definition) is 4. The number of ether oxygens (including phenoxy) is 1. The largest absolute Gasteiger partial charge is 0.399 e. The van der Waals surface area contributed by atoms with Gasteiger partial charge in [-0.05, 0) is 52.0 Å². The first-order valence-electron chi connectivity index (χ1n) is 5.66. The van der Waals surface area contributed by atoms with Crippen LogP contribution in [0.15, 0.2) is 29.2 Å². The summed E-state index contributed by atoms with van der Waals surface area (Å²) in [6.45, 7) is 8.17. The van der Waals surface area contributed by atoms with Crippen LogP contribution in [0.25, 0.3) is 0 Å². The van der Waals surface area contributed by atoms with E-state index in [9.17, 15) is 8.42 Å². The van der Waals surface area contributed by atoms with Gasteiger partial charge in [0.05, 0.1) is 17.1 Å². The van der Waals surface area contributed by atoms with E-state index in [1.54, 1.807) is 0 Å². The predicted octanol–water partition coefficient (Wildman–Crippen LogP) is 1.74. The van der Waals surface area contributed by atoms with Crippen LogP contribution >= 0.6 is 0 Å². The van der Waals surface area contributed by atoms with Crippen molar-refractivity contribution in [2.75, 3.05) is 5.73 Å². The molecule has 0 amide bonds. The topological polar surface area (TPSA) is 95.4 Å². The lowest BCUT2D eigenvalue weighted by Crippen LogP contribution is -2.11. The molecule has 0 unspecified atom stereocenters. The highest BCUT2D eigenvalue weighted by atomic mass is 32.2. The highest BCUT2D eigenvalue weighted by Crippen LogP contribution is 2.08. The molecule has 0 saturated heterocycles. The minimum absolute atomic E-state index is 0.0756. The van der Waals surface area contributed by atoms with Gasteiger partial charge in [-0.15, -0.1) is 0 Å². The molecule has 1 aromatic rings. The van der Waals surface area contributed by atoms with Gasteiger partial charge in [-0.1, -0.05) is 0 Å². The van der Waals surface area contributed by atoms with Crippen molar-refractivity contribution < 1.29 is 13.2 Å². The number of benzene rings is 1. The van der Waals surface area contributed by atoms with E-state index in [-0.39, 0.29) is 4.90 Å². The quantitative estimate of drug-likeness (QED) is 0.821. The van der Waals surface area contributed by atoms with Crippen molar-refractivity contribution in [2.24, 2.45) is 5.14 Å². The predicted molar refractivity (Wildman–Crippen MR) is 73.6 cm³/mol. The summed E-state index contributed by atoms with van der Waals surface area (Å²) in [5.74, 6) is 0. The number of nitrogens with two attached hydrogens (primary N) is 2. The van der Waals surface area contributed by atoms with Gasteiger partial charge >= 0.3 is 0 Å². The first-order chi connectivity index (χ1) is 8.12. The SMILES string of the molecule is CC(C)OC(C)C.Nc1ccc(S(N)(=O)=O)cc1. The molecule has 0 aliphatic carbocycles. The van der Waals surface area contributed by atoms with Crippen molar-refractivity contribution >= 4 is 15.7 Å². The van der Waals surface area contributed by atoms with Gasteiger partial charge in [-0.25, -0.2) is 13.6 Å². The van der Waals surface area contributed by atoms with Gasteiger partial charge in [-0.2, -0.15) is 0 Å². The van der Waals surface area contributed by atoms with Crippen LogP contribution in [0.1, 0.15) is 27.7 Å². The third kappa shape index (κ3) is 8.05. The Bertz CT molecular complexity index is 433. The smallest absolute Gasteiger partial charge is 0.238 e. The number of sulfonamides is 1. The molecule has 5 nitrogen and oxygen atoms in total. The lowest BCUT2D eigenvalue weighted by Gasteiger charge is -2.09. The van der Waals surface area contributed by atoms with Crippen molar-refractivity contribution in [1.29, 1.82) is 0 Å². The zero-order chi connectivity index (χ0) is 14.3. The van der Waals surface area contributed by atoms with Crippen LogP contribution in [0.5, 0.6) is 0 Å². The van der Waals surface area contributed by atoms with Gasteiger partial charge < -0.3 is 10.5 Å². The molecule has 0 radical (unpaired) electrons. The Hall–Kier alpha value is -1.11. The maximum absolute atomic E-state index is 10.7. The minimum atomic E-state index is -3.58. The molecule has 0 saturated carbocycles. The van der Waals surface area contributed by atoms with E-state index in [0.717, 1.165) is 0 Å². The molecule has 0 fully saturated rings. The number of hydrogen-bond donors (Lipinski definition) is 2. The summed E-state index contributed by atoms with van der Waals surface area (Å²) in [4.78, 5) is 0.0756. The molecular weight excluding hydrogens is 252 g/mol. The van der Waals surface area contributed by atoms with Crippen molar-refractivity contribution in [1.82, 2.24) is 0 Å². The lowest BCUT2D eigenvalue weighted by atomic mass is 10.3. The Kier molecular flexibility index (Phi) is 6.90. The second-order valence-corrected chi connectivity index (χ2v) is 5.91. The van der Waals surface area contributed by atoms with Crippen molar-refractivity contribution in [2.45, 2.75) is 44.8 Å². The molecule has 6 heteroatoms. The molecule has 18 heavy (non-hydrogen) atoms. The number of primary sulfonamides is 1. The van der Waals surface area contributed by atoms with E-state index >= 15 is 0 Å². The molecule has 0 aliphatic heterocycles. The first kappa shape index (κ1) is 16.9. The number of anilines is 1. The molecule has 0 bridgehead atoms. The normalized spacial score (nSPS) is 11.3. The van der Waals surface area contributed by atoms with Crippen LogP contribution in [0.4, 0.5) is 5.69 Å². The Morgan fingerprint density at radius 2 is 1.39 bits per heavy atom. The summed E-state index contributed by atoms with van der Waals surface area (Å²) in [7, 11) is -3.58. The monoisotopic (exact) mass is 274 g/mol. The van der Waals surface area contributed by atoms with Crippen molar-refractivity contribution in [3.05, 3.63) is 24.3 Å². The summed E-state index contributed by atoms with van der Waals surface area (Å²) in [6.07, 6.45) is 0.750. The van der Waals surface area contributed by atoms with Crippen LogP contribution in [0.2, 0.25) is 0 Å². The first-order valence-corrected chi connectivity index (χ1v) is 7.21.